The zero-order valence-electron chi connectivity index (χ0n) is 17.3. The topological polar surface area (TPSA) is 52.9 Å². The van der Waals surface area contributed by atoms with Gasteiger partial charge in [-0.1, -0.05) is 63.5 Å². The number of aryl methyl sites for hydroxylation is 3. The molecule has 0 fully saturated rings. The van der Waals surface area contributed by atoms with Crippen molar-refractivity contribution in [2.45, 2.75) is 27.2 Å². The fourth-order valence-electron chi connectivity index (χ4n) is 3.48. The van der Waals surface area contributed by atoms with Crippen LogP contribution in [0.3, 0.4) is 0 Å². The molecule has 150 valence electrons. The van der Waals surface area contributed by atoms with Gasteiger partial charge in [0.05, 0.1) is 0 Å². The van der Waals surface area contributed by atoms with Crippen LogP contribution in [0.15, 0.2) is 70.7 Å². The molecule has 1 amide bonds. The molecule has 3 nitrogen and oxygen atoms in total. The number of carbonyl (C=O) groups is 1. The van der Waals surface area contributed by atoms with Gasteiger partial charge in [-0.2, -0.15) is 5.26 Å². The summed E-state index contributed by atoms with van der Waals surface area (Å²) >= 11 is 3.50. The third-order valence-corrected chi connectivity index (χ3v) is 5.22. The standard InChI is InChI=1S/C26H23BrN2O/c1-17-5-4-6-25(12-17)29-26(30)23(16-28)14-22-15-24(27)8-7-21(22)13-20-10-18(2)9-19(3)11-20/h4-12,14-15H,13H2,1-3H3,(H,29,30)/b23-14+. The minimum atomic E-state index is -0.416. The maximum absolute atomic E-state index is 12.7. The van der Waals surface area contributed by atoms with Gasteiger partial charge in [-0.15, -0.1) is 0 Å². The summed E-state index contributed by atoms with van der Waals surface area (Å²) in [4.78, 5) is 12.7. The van der Waals surface area contributed by atoms with Crippen molar-refractivity contribution < 1.29 is 4.79 Å². The van der Waals surface area contributed by atoms with E-state index in [9.17, 15) is 10.1 Å². The Morgan fingerprint density at radius 3 is 2.40 bits per heavy atom. The Hall–Kier alpha value is -3.16. The molecule has 0 unspecified atom stereocenters. The van der Waals surface area contributed by atoms with Gasteiger partial charge in [0.25, 0.3) is 5.91 Å². The van der Waals surface area contributed by atoms with Crippen LogP contribution in [0.2, 0.25) is 0 Å². The molecule has 0 heterocycles. The van der Waals surface area contributed by atoms with Gasteiger partial charge in [-0.05, 0) is 79.8 Å². The first kappa shape index (κ1) is 21.5. The average Bonchev–Trinajstić information content (AvgIpc) is 2.67. The number of anilines is 1. The van der Waals surface area contributed by atoms with Crippen LogP contribution >= 0.6 is 15.9 Å². The van der Waals surface area contributed by atoms with Crippen LogP contribution < -0.4 is 5.32 Å². The molecule has 0 radical (unpaired) electrons. The van der Waals surface area contributed by atoms with Crippen LogP contribution in [-0.2, 0) is 11.2 Å². The molecule has 0 aliphatic heterocycles. The van der Waals surface area contributed by atoms with E-state index in [4.69, 9.17) is 0 Å². The number of benzene rings is 3. The Balaban J connectivity index is 1.92. The maximum Gasteiger partial charge on any atom is 0.266 e. The molecule has 0 atom stereocenters. The molecule has 0 aliphatic carbocycles. The van der Waals surface area contributed by atoms with Crippen molar-refractivity contribution in [3.8, 4) is 6.07 Å². The molecule has 3 rings (SSSR count). The number of hydrogen-bond donors (Lipinski definition) is 1. The summed E-state index contributed by atoms with van der Waals surface area (Å²) < 4.78 is 0.898. The molecular weight excluding hydrogens is 436 g/mol. The van der Waals surface area contributed by atoms with E-state index in [1.54, 1.807) is 6.08 Å². The second-order valence-corrected chi connectivity index (χ2v) is 8.42. The lowest BCUT2D eigenvalue weighted by Gasteiger charge is -2.10. The lowest BCUT2D eigenvalue weighted by molar-refractivity contribution is -0.112. The quantitative estimate of drug-likeness (QED) is 0.349. The molecular formula is C26H23BrN2O. The lowest BCUT2D eigenvalue weighted by atomic mass is 9.96. The van der Waals surface area contributed by atoms with E-state index >= 15 is 0 Å². The van der Waals surface area contributed by atoms with E-state index in [1.165, 1.54) is 16.7 Å². The lowest BCUT2D eigenvalue weighted by Crippen LogP contribution is -2.13. The SMILES string of the molecule is Cc1cc(C)cc(Cc2ccc(Br)cc2/C=C(\C#N)C(=O)Nc2cccc(C)c2)c1. The summed E-state index contributed by atoms with van der Waals surface area (Å²) in [5.74, 6) is -0.416. The van der Waals surface area contributed by atoms with Gasteiger partial charge >= 0.3 is 0 Å². The second kappa shape index (κ2) is 9.56. The first-order valence-electron chi connectivity index (χ1n) is 9.69. The number of nitriles is 1. The van der Waals surface area contributed by atoms with Crippen molar-refractivity contribution in [2.24, 2.45) is 0 Å². The predicted molar refractivity (Wildman–Crippen MR) is 126 cm³/mol. The van der Waals surface area contributed by atoms with Crippen LogP contribution in [-0.4, -0.2) is 5.91 Å². The van der Waals surface area contributed by atoms with Crippen LogP contribution in [0.4, 0.5) is 5.69 Å². The van der Waals surface area contributed by atoms with E-state index in [0.29, 0.717) is 5.69 Å². The number of hydrogen-bond acceptors (Lipinski definition) is 2. The molecule has 0 aromatic heterocycles. The van der Waals surface area contributed by atoms with Crippen molar-refractivity contribution in [1.82, 2.24) is 0 Å². The van der Waals surface area contributed by atoms with Crippen molar-refractivity contribution >= 4 is 33.6 Å². The van der Waals surface area contributed by atoms with E-state index in [1.807, 2.05) is 55.5 Å². The highest BCUT2D eigenvalue weighted by molar-refractivity contribution is 9.10. The second-order valence-electron chi connectivity index (χ2n) is 7.51. The molecule has 0 saturated heterocycles. The minimum Gasteiger partial charge on any atom is -0.321 e. The molecule has 4 heteroatoms. The van der Waals surface area contributed by atoms with Crippen molar-refractivity contribution in [3.63, 3.8) is 0 Å². The Labute approximate surface area is 186 Å². The highest BCUT2D eigenvalue weighted by atomic mass is 79.9. The number of nitrogens with one attached hydrogen (secondary N) is 1. The van der Waals surface area contributed by atoms with Gasteiger partial charge in [0.15, 0.2) is 0 Å². The maximum atomic E-state index is 12.7. The molecule has 0 bridgehead atoms. The van der Waals surface area contributed by atoms with E-state index in [2.05, 4.69) is 53.3 Å². The highest BCUT2D eigenvalue weighted by Crippen LogP contribution is 2.23. The smallest absolute Gasteiger partial charge is 0.266 e. The average molecular weight is 459 g/mol. The van der Waals surface area contributed by atoms with Gasteiger partial charge in [0, 0.05) is 10.2 Å². The Morgan fingerprint density at radius 2 is 1.73 bits per heavy atom. The molecule has 0 aliphatic rings. The summed E-state index contributed by atoms with van der Waals surface area (Å²) in [7, 11) is 0. The summed E-state index contributed by atoms with van der Waals surface area (Å²) in [6, 6.07) is 22.0. The Bertz CT molecular complexity index is 1150. The zero-order valence-corrected chi connectivity index (χ0v) is 18.9. The van der Waals surface area contributed by atoms with Crippen molar-refractivity contribution in [2.75, 3.05) is 5.32 Å². The van der Waals surface area contributed by atoms with Crippen LogP contribution in [0.5, 0.6) is 0 Å². The number of nitrogens with zero attached hydrogens (tertiary/aromatic N) is 1. The van der Waals surface area contributed by atoms with E-state index in [0.717, 1.165) is 27.6 Å². The largest absolute Gasteiger partial charge is 0.321 e. The first-order valence-corrected chi connectivity index (χ1v) is 10.5. The number of rotatable bonds is 5. The number of halogens is 1. The van der Waals surface area contributed by atoms with Crippen LogP contribution in [0.25, 0.3) is 6.08 Å². The van der Waals surface area contributed by atoms with E-state index in [-0.39, 0.29) is 5.57 Å². The third-order valence-electron chi connectivity index (χ3n) is 4.72. The minimum absolute atomic E-state index is 0.0660. The molecule has 0 spiro atoms. The third kappa shape index (κ3) is 5.68. The predicted octanol–water partition coefficient (Wildman–Crippen LogP) is 6.51. The van der Waals surface area contributed by atoms with Crippen LogP contribution in [0, 0.1) is 32.1 Å². The normalized spacial score (nSPS) is 11.1. The summed E-state index contributed by atoms with van der Waals surface area (Å²) in [6.07, 6.45) is 2.38. The van der Waals surface area contributed by atoms with E-state index < -0.39 is 5.91 Å². The number of amides is 1. The molecule has 3 aromatic carbocycles. The van der Waals surface area contributed by atoms with Crippen molar-refractivity contribution in [1.29, 1.82) is 5.26 Å². The fraction of sp³-hybridized carbons (Fsp3) is 0.154. The Kier molecular flexibility index (Phi) is 6.87. The molecule has 30 heavy (non-hydrogen) atoms. The summed E-state index contributed by atoms with van der Waals surface area (Å²) in [6.45, 7) is 6.13. The zero-order chi connectivity index (χ0) is 21.7. The van der Waals surface area contributed by atoms with Gasteiger partial charge in [-0.3, -0.25) is 4.79 Å². The highest BCUT2D eigenvalue weighted by Gasteiger charge is 2.12. The van der Waals surface area contributed by atoms with Crippen molar-refractivity contribution in [3.05, 3.63) is 104 Å². The fourth-order valence-corrected chi connectivity index (χ4v) is 3.86. The molecule has 1 N–H and O–H groups in total. The van der Waals surface area contributed by atoms with Gasteiger partial charge in [0.2, 0.25) is 0 Å². The monoisotopic (exact) mass is 458 g/mol. The van der Waals surface area contributed by atoms with Gasteiger partial charge in [-0.25, -0.2) is 0 Å². The summed E-state index contributed by atoms with van der Waals surface area (Å²) in [5, 5.41) is 12.4. The molecule has 0 saturated carbocycles. The van der Waals surface area contributed by atoms with Gasteiger partial charge < -0.3 is 5.32 Å². The summed E-state index contributed by atoms with van der Waals surface area (Å²) in [5.41, 5.74) is 7.31. The molecule has 3 aromatic rings. The first-order chi connectivity index (χ1) is 14.3. The van der Waals surface area contributed by atoms with Crippen LogP contribution in [0.1, 0.15) is 33.4 Å². The number of carbonyl (C=O) groups excluding carboxylic acids is 1. The Morgan fingerprint density at radius 1 is 1.00 bits per heavy atom. The van der Waals surface area contributed by atoms with Gasteiger partial charge in [0.1, 0.15) is 11.6 Å².